The summed E-state index contributed by atoms with van der Waals surface area (Å²) < 4.78 is 11.0. The van der Waals surface area contributed by atoms with Crippen molar-refractivity contribution in [3.63, 3.8) is 0 Å². The molecule has 0 unspecified atom stereocenters. The van der Waals surface area contributed by atoms with Gasteiger partial charge < -0.3 is 20.1 Å². The van der Waals surface area contributed by atoms with Gasteiger partial charge in [-0.2, -0.15) is 0 Å². The smallest absolute Gasteiger partial charge is 0.407 e. The molecule has 0 atom stereocenters. The van der Waals surface area contributed by atoms with Crippen LogP contribution in [0.5, 0.6) is 0 Å². The van der Waals surface area contributed by atoms with E-state index in [4.69, 9.17) is 9.47 Å². The molecule has 0 aliphatic heterocycles. The molecule has 1 amide bonds. The van der Waals surface area contributed by atoms with Crippen LogP contribution in [0, 0.1) is 0 Å². The minimum atomic E-state index is -0.430. The molecule has 2 N–H and O–H groups in total. The lowest BCUT2D eigenvalue weighted by atomic mass is 9.79. The number of carbonyl (C=O) groups excluding carboxylic acids is 1. The second kappa shape index (κ2) is 7.18. The van der Waals surface area contributed by atoms with Gasteiger partial charge in [0.1, 0.15) is 5.60 Å². The van der Waals surface area contributed by atoms with Crippen LogP contribution in [0.4, 0.5) is 4.79 Å². The van der Waals surface area contributed by atoms with Crippen molar-refractivity contribution in [3.8, 4) is 0 Å². The molecule has 0 aromatic heterocycles. The molecule has 2 aliphatic rings. The maximum atomic E-state index is 11.8. The SMILES string of the molecule is COC1(CNC2CCC(NC(=O)OC(C)(C)C)CC2)CCC1. The standard InChI is InChI=1S/C17H32N2O3/c1-16(2,3)22-15(20)19-14-8-6-13(7-9-14)18-12-17(21-4)10-5-11-17/h13-14,18H,5-12H2,1-4H3,(H,19,20). The third-order valence-corrected chi connectivity index (χ3v) is 4.86. The predicted molar refractivity (Wildman–Crippen MR) is 87.0 cm³/mol. The fraction of sp³-hybridized carbons (Fsp3) is 0.941. The first-order chi connectivity index (χ1) is 10.3. The topological polar surface area (TPSA) is 59.6 Å². The average Bonchev–Trinajstić information content (AvgIpc) is 2.37. The lowest BCUT2D eigenvalue weighted by Gasteiger charge is -2.42. The molecule has 5 heteroatoms. The minimum Gasteiger partial charge on any atom is -0.444 e. The first-order valence-corrected chi connectivity index (χ1v) is 8.60. The van der Waals surface area contributed by atoms with Crippen LogP contribution in [-0.2, 0) is 9.47 Å². The Balaban J connectivity index is 1.64. The van der Waals surface area contributed by atoms with Crippen LogP contribution in [0.3, 0.4) is 0 Å². The molecule has 0 saturated heterocycles. The Morgan fingerprint density at radius 3 is 2.18 bits per heavy atom. The second-order valence-electron chi connectivity index (χ2n) is 7.82. The van der Waals surface area contributed by atoms with Gasteiger partial charge >= 0.3 is 6.09 Å². The first-order valence-electron chi connectivity index (χ1n) is 8.60. The molecule has 0 aromatic rings. The summed E-state index contributed by atoms with van der Waals surface area (Å²) in [5, 5.41) is 6.65. The van der Waals surface area contributed by atoms with Crippen molar-refractivity contribution < 1.29 is 14.3 Å². The molecule has 2 fully saturated rings. The third kappa shape index (κ3) is 5.13. The number of rotatable bonds is 5. The molecular weight excluding hydrogens is 280 g/mol. The molecule has 0 spiro atoms. The highest BCUT2D eigenvalue weighted by molar-refractivity contribution is 5.68. The molecule has 2 saturated carbocycles. The molecular formula is C17H32N2O3. The Kier molecular flexibility index (Phi) is 5.72. The molecule has 128 valence electrons. The van der Waals surface area contributed by atoms with Gasteiger partial charge in [0.05, 0.1) is 5.60 Å². The van der Waals surface area contributed by atoms with Gasteiger partial charge in [-0.1, -0.05) is 0 Å². The van der Waals surface area contributed by atoms with E-state index < -0.39 is 5.60 Å². The van der Waals surface area contributed by atoms with E-state index >= 15 is 0 Å². The zero-order chi connectivity index (χ0) is 16.2. The van der Waals surface area contributed by atoms with Gasteiger partial charge in [0.25, 0.3) is 0 Å². The number of alkyl carbamates (subject to hydrolysis) is 1. The lowest BCUT2D eigenvalue weighted by molar-refractivity contribution is -0.0714. The quantitative estimate of drug-likeness (QED) is 0.819. The Morgan fingerprint density at radius 2 is 1.73 bits per heavy atom. The Hall–Kier alpha value is -0.810. The molecule has 0 radical (unpaired) electrons. The van der Waals surface area contributed by atoms with Crippen molar-refractivity contribution in [2.24, 2.45) is 0 Å². The molecule has 0 heterocycles. The van der Waals surface area contributed by atoms with Gasteiger partial charge in [-0.15, -0.1) is 0 Å². The van der Waals surface area contributed by atoms with Crippen molar-refractivity contribution >= 4 is 6.09 Å². The highest BCUT2D eigenvalue weighted by Gasteiger charge is 2.37. The van der Waals surface area contributed by atoms with Gasteiger partial charge in [-0.3, -0.25) is 0 Å². The third-order valence-electron chi connectivity index (χ3n) is 4.86. The zero-order valence-corrected chi connectivity index (χ0v) is 14.5. The van der Waals surface area contributed by atoms with E-state index in [1.54, 1.807) is 0 Å². The summed E-state index contributed by atoms with van der Waals surface area (Å²) in [6, 6.07) is 0.789. The van der Waals surface area contributed by atoms with Crippen molar-refractivity contribution in [1.29, 1.82) is 0 Å². The normalized spacial score (nSPS) is 27.8. The maximum absolute atomic E-state index is 11.8. The van der Waals surface area contributed by atoms with Gasteiger partial charge in [0.2, 0.25) is 0 Å². The number of amides is 1. The van der Waals surface area contributed by atoms with Crippen LogP contribution < -0.4 is 10.6 Å². The van der Waals surface area contributed by atoms with E-state index in [1.165, 1.54) is 19.3 Å². The van der Waals surface area contributed by atoms with Crippen LogP contribution in [0.1, 0.15) is 65.7 Å². The van der Waals surface area contributed by atoms with Gasteiger partial charge in [-0.05, 0) is 65.7 Å². The fourth-order valence-corrected chi connectivity index (χ4v) is 3.27. The van der Waals surface area contributed by atoms with Crippen LogP contribution in [0.15, 0.2) is 0 Å². The van der Waals surface area contributed by atoms with Crippen molar-refractivity contribution in [2.75, 3.05) is 13.7 Å². The molecule has 5 nitrogen and oxygen atoms in total. The number of nitrogens with one attached hydrogen (secondary N) is 2. The van der Waals surface area contributed by atoms with Crippen LogP contribution in [0.25, 0.3) is 0 Å². The van der Waals surface area contributed by atoms with Crippen molar-refractivity contribution in [1.82, 2.24) is 10.6 Å². The largest absolute Gasteiger partial charge is 0.444 e. The van der Waals surface area contributed by atoms with Crippen LogP contribution in [-0.4, -0.2) is 43.0 Å². The summed E-state index contributed by atoms with van der Waals surface area (Å²) >= 11 is 0. The van der Waals surface area contributed by atoms with E-state index in [0.29, 0.717) is 6.04 Å². The van der Waals surface area contributed by atoms with E-state index in [2.05, 4.69) is 10.6 Å². The Labute approximate surface area is 134 Å². The van der Waals surface area contributed by atoms with E-state index in [9.17, 15) is 4.79 Å². The average molecular weight is 312 g/mol. The fourth-order valence-electron chi connectivity index (χ4n) is 3.27. The summed E-state index contributed by atoms with van der Waals surface area (Å²) in [5.41, 5.74) is -0.342. The summed E-state index contributed by atoms with van der Waals surface area (Å²) in [7, 11) is 1.82. The molecule has 0 aromatic carbocycles. The first kappa shape index (κ1) is 17.5. The van der Waals surface area contributed by atoms with Gasteiger partial charge in [0, 0.05) is 25.7 Å². The number of methoxy groups -OCH3 is 1. The van der Waals surface area contributed by atoms with Crippen molar-refractivity contribution in [3.05, 3.63) is 0 Å². The van der Waals surface area contributed by atoms with E-state index in [-0.39, 0.29) is 17.7 Å². The van der Waals surface area contributed by atoms with Crippen LogP contribution >= 0.6 is 0 Å². The monoisotopic (exact) mass is 312 g/mol. The highest BCUT2D eigenvalue weighted by atomic mass is 16.6. The van der Waals surface area contributed by atoms with Gasteiger partial charge in [-0.25, -0.2) is 4.79 Å². The van der Waals surface area contributed by atoms with Crippen LogP contribution in [0.2, 0.25) is 0 Å². The number of hydrogen-bond acceptors (Lipinski definition) is 4. The minimum absolute atomic E-state index is 0.0889. The summed E-state index contributed by atoms with van der Waals surface area (Å²) in [4.78, 5) is 11.8. The predicted octanol–water partition coefficient (Wildman–Crippen LogP) is 2.98. The van der Waals surface area contributed by atoms with Crippen molar-refractivity contribution in [2.45, 2.75) is 89.0 Å². The number of ether oxygens (including phenoxy) is 2. The lowest BCUT2D eigenvalue weighted by Crippen LogP contribution is -2.51. The Morgan fingerprint density at radius 1 is 1.14 bits per heavy atom. The number of hydrogen-bond donors (Lipinski definition) is 2. The number of carbonyl (C=O) groups is 1. The highest BCUT2D eigenvalue weighted by Crippen LogP contribution is 2.34. The van der Waals surface area contributed by atoms with E-state index in [0.717, 1.165) is 32.2 Å². The molecule has 0 bridgehead atoms. The molecule has 2 rings (SSSR count). The van der Waals surface area contributed by atoms with Gasteiger partial charge in [0.15, 0.2) is 0 Å². The summed E-state index contributed by atoms with van der Waals surface area (Å²) in [6.45, 7) is 6.62. The molecule has 22 heavy (non-hydrogen) atoms. The van der Waals surface area contributed by atoms with E-state index in [1.807, 2.05) is 27.9 Å². The molecule has 2 aliphatic carbocycles. The second-order valence-corrected chi connectivity index (χ2v) is 7.82. The summed E-state index contributed by atoms with van der Waals surface area (Å²) in [5.74, 6) is 0. The Bertz CT molecular complexity index is 361. The zero-order valence-electron chi connectivity index (χ0n) is 14.5. The summed E-state index contributed by atoms with van der Waals surface area (Å²) in [6.07, 6.45) is 7.55. The maximum Gasteiger partial charge on any atom is 0.407 e.